The third kappa shape index (κ3) is 3.73. The van der Waals surface area contributed by atoms with Crippen LogP contribution in [0.25, 0.3) is 0 Å². The van der Waals surface area contributed by atoms with E-state index in [0.717, 1.165) is 5.56 Å². The molecule has 8 heteroatoms. The van der Waals surface area contributed by atoms with Crippen LogP contribution in [0.4, 0.5) is 5.69 Å². The van der Waals surface area contributed by atoms with Crippen LogP contribution in [0.15, 0.2) is 47.7 Å². The van der Waals surface area contributed by atoms with Crippen LogP contribution < -0.4 is 5.32 Å². The predicted octanol–water partition coefficient (Wildman–Crippen LogP) is 5.21. The number of rotatable bonds is 3. The molecular weight excluding hydrogens is 427 g/mol. The van der Waals surface area contributed by atoms with Gasteiger partial charge in [0.05, 0.1) is 15.0 Å². The van der Waals surface area contributed by atoms with Crippen molar-refractivity contribution >= 4 is 40.6 Å². The van der Waals surface area contributed by atoms with E-state index < -0.39 is 10.8 Å². The molecule has 1 aliphatic heterocycles. The summed E-state index contributed by atoms with van der Waals surface area (Å²) in [6.07, 6.45) is 0.842. The number of Topliss-reactive ketones (excluding diaryl/α,β-unsaturated/α-hetero) is 1. The van der Waals surface area contributed by atoms with Gasteiger partial charge in [-0.05, 0) is 42.5 Å². The standard InChI is InChI=1S/C22H18Cl2N2O4/c1-11-2-3-13(8-19(11)26(29)30)15-10-21(28)25-18-7-14(9-20(27)22(15)18)12-4-5-16(23)17(24)6-12/h2-6,8,14-15H,7,9-10H2,1H3,(H,25,28). The number of aryl methyl sites for hydroxylation is 1. The summed E-state index contributed by atoms with van der Waals surface area (Å²) in [5.74, 6) is -0.891. The van der Waals surface area contributed by atoms with Crippen molar-refractivity contribution in [1.29, 1.82) is 0 Å². The number of benzene rings is 2. The van der Waals surface area contributed by atoms with E-state index in [9.17, 15) is 19.7 Å². The Bertz CT molecular complexity index is 1130. The number of halogens is 2. The van der Waals surface area contributed by atoms with Gasteiger partial charge in [-0.25, -0.2) is 0 Å². The van der Waals surface area contributed by atoms with Crippen LogP contribution in [0.2, 0.25) is 10.0 Å². The summed E-state index contributed by atoms with van der Waals surface area (Å²) in [4.78, 5) is 36.4. The number of nitrogens with zero attached hydrogens (tertiary/aromatic N) is 1. The van der Waals surface area contributed by atoms with Crippen LogP contribution in [0.5, 0.6) is 0 Å². The lowest BCUT2D eigenvalue weighted by molar-refractivity contribution is -0.385. The van der Waals surface area contributed by atoms with Crippen molar-refractivity contribution in [2.24, 2.45) is 0 Å². The summed E-state index contributed by atoms with van der Waals surface area (Å²) in [5.41, 5.74) is 3.14. The number of nitrogens with one attached hydrogen (secondary N) is 1. The molecule has 2 unspecified atom stereocenters. The molecule has 30 heavy (non-hydrogen) atoms. The second-order valence-corrected chi connectivity index (χ2v) is 8.52. The lowest BCUT2D eigenvalue weighted by atomic mass is 9.73. The number of ketones is 1. The van der Waals surface area contributed by atoms with Gasteiger partial charge in [0.25, 0.3) is 5.69 Å². The molecule has 154 valence electrons. The zero-order valence-electron chi connectivity index (χ0n) is 16.1. The van der Waals surface area contributed by atoms with Crippen LogP contribution in [0, 0.1) is 17.0 Å². The van der Waals surface area contributed by atoms with Crippen molar-refractivity contribution in [2.45, 2.75) is 38.0 Å². The molecule has 0 spiro atoms. The van der Waals surface area contributed by atoms with E-state index in [4.69, 9.17) is 23.2 Å². The van der Waals surface area contributed by atoms with Crippen LogP contribution in [0.1, 0.15) is 47.8 Å². The summed E-state index contributed by atoms with van der Waals surface area (Å²) >= 11 is 12.1. The average Bonchev–Trinajstić information content (AvgIpc) is 2.69. The van der Waals surface area contributed by atoms with Crippen LogP contribution in [0.3, 0.4) is 0 Å². The summed E-state index contributed by atoms with van der Waals surface area (Å²) < 4.78 is 0. The SMILES string of the molecule is Cc1ccc(C2CC(=O)NC3=C2C(=O)CC(c2ccc(Cl)c(Cl)c2)C3)cc1[N+](=O)[O-]. The van der Waals surface area contributed by atoms with Gasteiger partial charge in [0.15, 0.2) is 5.78 Å². The second kappa shape index (κ2) is 7.85. The Morgan fingerprint density at radius 3 is 2.43 bits per heavy atom. The third-order valence-corrected chi connectivity index (χ3v) is 6.52. The lowest BCUT2D eigenvalue weighted by Gasteiger charge is -2.34. The van der Waals surface area contributed by atoms with Gasteiger partial charge in [-0.3, -0.25) is 19.7 Å². The highest BCUT2D eigenvalue weighted by molar-refractivity contribution is 6.42. The van der Waals surface area contributed by atoms with E-state index in [1.165, 1.54) is 6.07 Å². The molecule has 2 atom stereocenters. The van der Waals surface area contributed by atoms with E-state index in [1.807, 2.05) is 6.07 Å². The van der Waals surface area contributed by atoms with E-state index in [0.29, 0.717) is 38.9 Å². The monoisotopic (exact) mass is 444 g/mol. The summed E-state index contributed by atoms with van der Waals surface area (Å²) in [5, 5.41) is 15.1. The minimum Gasteiger partial charge on any atom is -0.329 e. The van der Waals surface area contributed by atoms with Crippen molar-refractivity contribution in [1.82, 2.24) is 5.32 Å². The molecule has 2 aromatic carbocycles. The first-order chi connectivity index (χ1) is 14.2. The molecule has 2 aromatic rings. The minimum absolute atomic E-state index is 0.0161. The summed E-state index contributed by atoms with van der Waals surface area (Å²) in [6, 6.07) is 10.2. The van der Waals surface area contributed by atoms with Crippen LogP contribution >= 0.6 is 23.2 Å². The maximum atomic E-state index is 13.1. The van der Waals surface area contributed by atoms with E-state index in [-0.39, 0.29) is 36.1 Å². The first kappa shape index (κ1) is 20.6. The Labute approximate surface area is 183 Å². The Kier molecular flexibility index (Phi) is 5.38. The fourth-order valence-electron chi connectivity index (χ4n) is 4.29. The maximum absolute atomic E-state index is 13.1. The summed E-state index contributed by atoms with van der Waals surface area (Å²) in [7, 11) is 0. The molecule has 4 rings (SSSR count). The Hall–Kier alpha value is -2.70. The molecule has 2 aliphatic rings. The highest BCUT2D eigenvalue weighted by atomic mass is 35.5. The summed E-state index contributed by atoms with van der Waals surface area (Å²) in [6.45, 7) is 1.66. The molecule has 1 N–H and O–H groups in total. The highest BCUT2D eigenvalue weighted by Gasteiger charge is 2.38. The molecule has 1 amide bonds. The van der Waals surface area contributed by atoms with Gasteiger partial charge < -0.3 is 5.32 Å². The topological polar surface area (TPSA) is 89.3 Å². The van der Waals surface area contributed by atoms with Crippen LogP contribution in [-0.2, 0) is 9.59 Å². The van der Waals surface area contributed by atoms with Crippen molar-refractivity contribution in [3.63, 3.8) is 0 Å². The second-order valence-electron chi connectivity index (χ2n) is 7.70. The van der Waals surface area contributed by atoms with Gasteiger partial charge in [-0.2, -0.15) is 0 Å². The Balaban J connectivity index is 1.73. The zero-order valence-corrected chi connectivity index (χ0v) is 17.6. The number of allylic oxidation sites excluding steroid dienone is 2. The average molecular weight is 445 g/mol. The molecule has 1 heterocycles. The number of hydrogen-bond acceptors (Lipinski definition) is 4. The van der Waals surface area contributed by atoms with Crippen molar-refractivity contribution < 1.29 is 14.5 Å². The van der Waals surface area contributed by atoms with Gasteiger partial charge in [0.1, 0.15) is 0 Å². The number of carbonyl (C=O) groups excluding carboxylic acids is 2. The molecule has 0 bridgehead atoms. The van der Waals surface area contributed by atoms with E-state index in [1.54, 1.807) is 31.2 Å². The third-order valence-electron chi connectivity index (χ3n) is 5.78. The molecule has 0 fully saturated rings. The number of amides is 1. The highest BCUT2D eigenvalue weighted by Crippen LogP contribution is 2.43. The zero-order chi connectivity index (χ0) is 21.6. The molecular formula is C22H18Cl2N2O4. The first-order valence-electron chi connectivity index (χ1n) is 9.50. The van der Waals surface area contributed by atoms with Gasteiger partial charge in [-0.1, -0.05) is 41.4 Å². The Morgan fingerprint density at radius 2 is 1.73 bits per heavy atom. The fraction of sp³-hybridized carbons (Fsp3) is 0.273. The van der Waals surface area contributed by atoms with Gasteiger partial charge >= 0.3 is 0 Å². The van der Waals surface area contributed by atoms with Crippen LogP contribution in [-0.4, -0.2) is 16.6 Å². The predicted molar refractivity (Wildman–Crippen MR) is 114 cm³/mol. The fourth-order valence-corrected chi connectivity index (χ4v) is 4.59. The smallest absolute Gasteiger partial charge is 0.272 e. The molecule has 0 aromatic heterocycles. The molecule has 1 aliphatic carbocycles. The molecule has 6 nitrogen and oxygen atoms in total. The van der Waals surface area contributed by atoms with Gasteiger partial charge in [0, 0.05) is 41.7 Å². The van der Waals surface area contributed by atoms with Crippen molar-refractivity contribution in [2.75, 3.05) is 0 Å². The quantitative estimate of drug-likeness (QED) is 0.519. The molecule has 0 saturated carbocycles. The number of carbonyl (C=O) groups is 2. The van der Waals surface area contributed by atoms with Crippen molar-refractivity contribution in [3.05, 3.63) is 84.5 Å². The number of nitro benzene ring substituents is 1. The largest absolute Gasteiger partial charge is 0.329 e. The molecule has 0 saturated heterocycles. The number of hydrogen-bond donors (Lipinski definition) is 1. The lowest BCUT2D eigenvalue weighted by Crippen LogP contribution is -2.38. The van der Waals surface area contributed by atoms with Gasteiger partial charge in [-0.15, -0.1) is 0 Å². The number of nitro groups is 1. The van der Waals surface area contributed by atoms with Crippen molar-refractivity contribution in [3.8, 4) is 0 Å². The molecule has 0 radical (unpaired) electrons. The normalized spacial score (nSPS) is 21.3. The van der Waals surface area contributed by atoms with E-state index in [2.05, 4.69) is 5.32 Å². The minimum atomic E-state index is -0.490. The maximum Gasteiger partial charge on any atom is 0.272 e. The van der Waals surface area contributed by atoms with Gasteiger partial charge in [0.2, 0.25) is 5.91 Å². The van der Waals surface area contributed by atoms with E-state index >= 15 is 0 Å². The first-order valence-corrected chi connectivity index (χ1v) is 10.3. The Morgan fingerprint density at radius 1 is 1.00 bits per heavy atom.